The molecule has 0 amide bonds. The number of ether oxygens (including phenoxy) is 1. The smallest absolute Gasteiger partial charge is 0.191 e. The van der Waals surface area contributed by atoms with E-state index in [0.29, 0.717) is 6.54 Å². The maximum Gasteiger partial charge on any atom is 0.191 e. The molecule has 7 nitrogen and oxygen atoms in total. The van der Waals surface area contributed by atoms with Crippen LogP contribution in [0.15, 0.2) is 41.7 Å². The molecule has 0 radical (unpaired) electrons. The maximum absolute atomic E-state index is 5.40. The van der Waals surface area contributed by atoms with Crippen molar-refractivity contribution in [1.29, 1.82) is 0 Å². The van der Waals surface area contributed by atoms with E-state index in [1.54, 1.807) is 0 Å². The highest BCUT2D eigenvalue weighted by molar-refractivity contribution is 5.79. The van der Waals surface area contributed by atoms with Crippen molar-refractivity contribution < 1.29 is 4.74 Å². The molecule has 7 heteroatoms. The van der Waals surface area contributed by atoms with Crippen LogP contribution in [-0.2, 0) is 17.8 Å². The van der Waals surface area contributed by atoms with Gasteiger partial charge in [0.05, 0.1) is 19.8 Å². The second-order valence-electron chi connectivity index (χ2n) is 7.00. The summed E-state index contributed by atoms with van der Waals surface area (Å²) < 4.78 is 7.55. The number of nitrogens with one attached hydrogen (secondary N) is 2. The lowest BCUT2D eigenvalue weighted by Gasteiger charge is -2.26. The summed E-state index contributed by atoms with van der Waals surface area (Å²) >= 11 is 0. The van der Waals surface area contributed by atoms with E-state index < -0.39 is 0 Å². The van der Waals surface area contributed by atoms with E-state index >= 15 is 0 Å². The SMILES string of the molecule is CCNC(=NCc1cccc(Cn2ccnc2C)c1)NCCN1CCOCC1. The predicted molar refractivity (Wildman–Crippen MR) is 113 cm³/mol. The van der Waals surface area contributed by atoms with Crippen molar-refractivity contribution >= 4 is 5.96 Å². The zero-order valence-corrected chi connectivity index (χ0v) is 17.0. The van der Waals surface area contributed by atoms with Crippen molar-refractivity contribution in [3.05, 3.63) is 53.6 Å². The molecule has 1 fully saturated rings. The topological polar surface area (TPSA) is 66.7 Å². The Morgan fingerprint density at radius 2 is 2.04 bits per heavy atom. The third-order valence-electron chi connectivity index (χ3n) is 4.86. The molecule has 0 aliphatic carbocycles. The van der Waals surface area contributed by atoms with E-state index in [4.69, 9.17) is 9.73 Å². The Morgan fingerprint density at radius 1 is 1.21 bits per heavy atom. The highest BCUT2D eigenvalue weighted by Gasteiger charge is 2.09. The number of rotatable bonds is 8. The van der Waals surface area contributed by atoms with Gasteiger partial charge in [0.2, 0.25) is 0 Å². The first-order valence-electron chi connectivity index (χ1n) is 10.1. The zero-order valence-electron chi connectivity index (χ0n) is 17.0. The predicted octanol–water partition coefficient (Wildman–Crippen LogP) is 1.63. The molecule has 0 atom stereocenters. The van der Waals surface area contributed by atoms with Gasteiger partial charge >= 0.3 is 0 Å². The minimum Gasteiger partial charge on any atom is -0.379 e. The van der Waals surface area contributed by atoms with Crippen molar-refractivity contribution in [2.75, 3.05) is 45.9 Å². The first-order valence-corrected chi connectivity index (χ1v) is 10.1. The standard InChI is InChI=1S/C21H32N6O/c1-3-22-21(24-7-9-26-11-13-28-14-12-26)25-16-19-5-4-6-20(15-19)17-27-10-8-23-18(27)2/h4-6,8,10,15H,3,7,9,11-14,16-17H2,1-2H3,(H2,22,24,25). The zero-order chi connectivity index (χ0) is 19.6. The van der Waals surface area contributed by atoms with Crippen molar-refractivity contribution in [2.45, 2.75) is 26.9 Å². The van der Waals surface area contributed by atoms with Gasteiger partial charge in [-0.15, -0.1) is 0 Å². The number of guanidine groups is 1. The number of morpholine rings is 1. The summed E-state index contributed by atoms with van der Waals surface area (Å²) in [5, 5.41) is 6.77. The van der Waals surface area contributed by atoms with Gasteiger partial charge in [-0.3, -0.25) is 4.90 Å². The van der Waals surface area contributed by atoms with Gasteiger partial charge in [0.15, 0.2) is 5.96 Å². The highest BCUT2D eigenvalue weighted by atomic mass is 16.5. The number of aliphatic imine (C=N–C) groups is 1. The molecular weight excluding hydrogens is 352 g/mol. The van der Waals surface area contributed by atoms with Crippen LogP contribution in [-0.4, -0.2) is 66.3 Å². The molecule has 0 unspecified atom stereocenters. The summed E-state index contributed by atoms with van der Waals surface area (Å²) in [6, 6.07) is 8.61. The molecule has 3 rings (SSSR count). The normalized spacial score (nSPS) is 15.6. The molecule has 1 aliphatic rings. The summed E-state index contributed by atoms with van der Waals surface area (Å²) in [6.07, 6.45) is 3.86. The average molecular weight is 385 g/mol. The van der Waals surface area contributed by atoms with Gasteiger partial charge in [0.1, 0.15) is 5.82 Å². The van der Waals surface area contributed by atoms with Crippen LogP contribution >= 0.6 is 0 Å². The number of hydrogen-bond acceptors (Lipinski definition) is 4. The van der Waals surface area contributed by atoms with Gasteiger partial charge in [-0.25, -0.2) is 9.98 Å². The molecule has 1 aliphatic heterocycles. The fourth-order valence-electron chi connectivity index (χ4n) is 3.26. The van der Waals surface area contributed by atoms with Crippen LogP contribution in [0, 0.1) is 6.92 Å². The molecule has 2 N–H and O–H groups in total. The van der Waals surface area contributed by atoms with Crippen LogP contribution in [0.5, 0.6) is 0 Å². The first kappa shape index (κ1) is 20.4. The molecule has 1 saturated heterocycles. The van der Waals surface area contributed by atoms with Gasteiger partial charge in [-0.05, 0) is 25.0 Å². The molecule has 0 saturated carbocycles. The summed E-state index contributed by atoms with van der Waals surface area (Å²) in [5.74, 6) is 1.90. The van der Waals surface area contributed by atoms with E-state index in [1.165, 1.54) is 11.1 Å². The molecule has 1 aromatic carbocycles. The fourth-order valence-corrected chi connectivity index (χ4v) is 3.26. The van der Waals surface area contributed by atoms with Crippen molar-refractivity contribution in [1.82, 2.24) is 25.1 Å². The summed E-state index contributed by atoms with van der Waals surface area (Å²) in [7, 11) is 0. The van der Waals surface area contributed by atoms with E-state index in [1.807, 2.05) is 19.3 Å². The summed E-state index contributed by atoms with van der Waals surface area (Å²) in [5.41, 5.74) is 2.47. The number of benzene rings is 1. The fraction of sp³-hybridized carbons (Fsp3) is 0.524. The Balaban J connectivity index is 1.53. The van der Waals surface area contributed by atoms with Gasteiger partial charge < -0.3 is 19.9 Å². The molecule has 2 heterocycles. The Labute approximate surface area is 167 Å². The number of nitrogens with zero attached hydrogens (tertiary/aromatic N) is 4. The van der Waals surface area contributed by atoms with E-state index in [-0.39, 0.29) is 0 Å². The second kappa shape index (κ2) is 10.8. The minimum absolute atomic E-state index is 0.656. The van der Waals surface area contributed by atoms with Crippen LogP contribution in [0.3, 0.4) is 0 Å². The first-order chi connectivity index (χ1) is 13.7. The van der Waals surface area contributed by atoms with Crippen LogP contribution in [0.25, 0.3) is 0 Å². The van der Waals surface area contributed by atoms with Gasteiger partial charge in [-0.1, -0.05) is 24.3 Å². The third kappa shape index (κ3) is 6.35. The maximum atomic E-state index is 5.40. The van der Waals surface area contributed by atoms with Crippen LogP contribution < -0.4 is 10.6 Å². The lowest BCUT2D eigenvalue weighted by atomic mass is 10.1. The molecule has 152 valence electrons. The van der Waals surface area contributed by atoms with E-state index in [9.17, 15) is 0 Å². The van der Waals surface area contributed by atoms with Crippen LogP contribution in [0.1, 0.15) is 23.9 Å². The average Bonchev–Trinajstić information content (AvgIpc) is 3.12. The van der Waals surface area contributed by atoms with Crippen molar-refractivity contribution in [3.63, 3.8) is 0 Å². The molecule has 0 spiro atoms. The number of imidazole rings is 1. The molecule has 2 aromatic rings. The quantitative estimate of drug-likeness (QED) is 0.535. The summed E-state index contributed by atoms with van der Waals surface area (Å²) in [4.78, 5) is 11.5. The Hall–Kier alpha value is -2.38. The number of aryl methyl sites for hydroxylation is 1. The third-order valence-corrected chi connectivity index (χ3v) is 4.86. The monoisotopic (exact) mass is 384 g/mol. The van der Waals surface area contributed by atoms with Crippen molar-refractivity contribution in [2.24, 2.45) is 4.99 Å². The Kier molecular flexibility index (Phi) is 7.87. The Morgan fingerprint density at radius 3 is 2.79 bits per heavy atom. The van der Waals surface area contributed by atoms with Crippen LogP contribution in [0.4, 0.5) is 0 Å². The second-order valence-corrected chi connectivity index (χ2v) is 7.00. The lowest BCUT2D eigenvalue weighted by molar-refractivity contribution is 0.0389. The van der Waals surface area contributed by atoms with Gasteiger partial charge in [0.25, 0.3) is 0 Å². The van der Waals surface area contributed by atoms with Gasteiger partial charge in [0, 0.05) is 51.7 Å². The number of aromatic nitrogens is 2. The Bertz CT molecular complexity index is 751. The van der Waals surface area contributed by atoms with E-state index in [0.717, 1.165) is 64.3 Å². The minimum atomic E-state index is 0.656. The highest BCUT2D eigenvalue weighted by Crippen LogP contribution is 2.09. The molecule has 0 bridgehead atoms. The number of hydrogen-bond donors (Lipinski definition) is 2. The molecular formula is C21H32N6O. The molecule has 28 heavy (non-hydrogen) atoms. The lowest BCUT2D eigenvalue weighted by Crippen LogP contribution is -2.44. The van der Waals surface area contributed by atoms with Gasteiger partial charge in [-0.2, -0.15) is 0 Å². The summed E-state index contributed by atoms with van der Waals surface area (Å²) in [6.45, 7) is 12.0. The van der Waals surface area contributed by atoms with Crippen molar-refractivity contribution in [3.8, 4) is 0 Å². The van der Waals surface area contributed by atoms with Crippen LogP contribution in [0.2, 0.25) is 0 Å². The molecule has 1 aromatic heterocycles. The largest absolute Gasteiger partial charge is 0.379 e. The van der Waals surface area contributed by atoms with E-state index in [2.05, 4.69) is 56.3 Å².